The highest BCUT2D eigenvalue weighted by Gasteiger charge is 2.42. The van der Waals surface area contributed by atoms with Gasteiger partial charge in [0, 0.05) is 26.1 Å². The molecule has 1 aliphatic rings. The van der Waals surface area contributed by atoms with Crippen LogP contribution < -0.4 is 5.32 Å². The molecule has 0 atom stereocenters. The summed E-state index contributed by atoms with van der Waals surface area (Å²) in [5.41, 5.74) is 1.76. The number of halogens is 3. The Morgan fingerprint density at radius 1 is 0.806 bits per heavy atom. The second-order valence-electron chi connectivity index (χ2n) is 9.38. The maximum atomic E-state index is 13.5. The first-order chi connectivity index (χ1) is 17.3. The molecule has 0 radical (unpaired) electrons. The molecule has 4 nitrogen and oxygen atoms in total. The first kappa shape index (κ1) is 25.5. The van der Waals surface area contributed by atoms with E-state index in [0.29, 0.717) is 50.9 Å². The summed E-state index contributed by atoms with van der Waals surface area (Å²) < 4.78 is 39.8. The molecule has 0 saturated carbocycles. The molecule has 0 unspecified atom stereocenters. The fraction of sp³-hybridized carbons (Fsp3) is 0.310. The highest BCUT2D eigenvalue weighted by atomic mass is 19.2. The average Bonchev–Trinajstić information content (AvgIpc) is 2.89. The minimum atomic E-state index is -0.921. The molecule has 7 heteroatoms. The lowest BCUT2D eigenvalue weighted by atomic mass is 9.72. The summed E-state index contributed by atoms with van der Waals surface area (Å²) in [4.78, 5) is 28.0. The Balaban J connectivity index is 1.39. The van der Waals surface area contributed by atoms with Crippen LogP contribution in [0.3, 0.4) is 0 Å². The van der Waals surface area contributed by atoms with Gasteiger partial charge in [0.2, 0.25) is 11.8 Å². The van der Waals surface area contributed by atoms with Gasteiger partial charge in [0.15, 0.2) is 11.6 Å². The number of carbonyl (C=O) groups is 2. The predicted molar refractivity (Wildman–Crippen MR) is 131 cm³/mol. The van der Waals surface area contributed by atoms with Crippen LogP contribution in [0.1, 0.15) is 36.0 Å². The standard InChI is InChI=1S/C29H29F3N2O2/c30-24-10-6-23(7-11-24)20-33-28(36)29(19-22-4-2-1-3-5-22)14-16-34(17-15-29)27(35)13-9-21-8-12-25(31)26(32)18-21/h1-8,10-12,18H,9,13-17,19-20H2,(H,33,36). The molecule has 188 valence electrons. The molecule has 0 aromatic heterocycles. The molecule has 2 amide bonds. The van der Waals surface area contributed by atoms with E-state index in [0.717, 1.165) is 23.3 Å². The minimum Gasteiger partial charge on any atom is -0.352 e. The fourth-order valence-electron chi connectivity index (χ4n) is 4.73. The van der Waals surface area contributed by atoms with Gasteiger partial charge in [-0.1, -0.05) is 48.5 Å². The van der Waals surface area contributed by atoms with E-state index in [-0.39, 0.29) is 24.1 Å². The number of carbonyl (C=O) groups excluding carboxylic acids is 2. The Morgan fingerprint density at radius 2 is 1.47 bits per heavy atom. The Labute approximate surface area is 209 Å². The molecule has 1 fully saturated rings. The number of benzene rings is 3. The molecule has 1 saturated heterocycles. The van der Waals surface area contributed by atoms with Crippen LogP contribution in [0, 0.1) is 22.9 Å². The molecule has 1 heterocycles. The number of piperidine rings is 1. The highest BCUT2D eigenvalue weighted by molar-refractivity contribution is 5.84. The van der Waals surface area contributed by atoms with E-state index >= 15 is 0 Å². The SMILES string of the molecule is O=C(CCc1ccc(F)c(F)c1)N1CCC(Cc2ccccc2)(C(=O)NCc2ccc(F)cc2)CC1. The van der Waals surface area contributed by atoms with Crippen molar-refractivity contribution in [2.24, 2.45) is 5.41 Å². The Bertz CT molecular complexity index is 1190. The Morgan fingerprint density at radius 3 is 2.14 bits per heavy atom. The van der Waals surface area contributed by atoms with E-state index in [2.05, 4.69) is 5.32 Å². The smallest absolute Gasteiger partial charge is 0.226 e. The fourth-order valence-corrected chi connectivity index (χ4v) is 4.73. The third-order valence-corrected chi connectivity index (χ3v) is 6.92. The third-order valence-electron chi connectivity index (χ3n) is 6.92. The molecule has 1 N–H and O–H groups in total. The van der Waals surface area contributed by atoms with Crippen LogP contribution in [0.15, 0.2) is 72.8 Å². The van der Waals surface area contributed by atoms with E-state index in [1.54, 1.807) is 17.0 Å². The van der Waals surface area contributed by atoms with Gasteiger partial charge in [-0.2, -0.15) is 0 Å². The summed E-state index contributed by atoms with van der Waals surface area (Å²) in [6, 6.07) is 19.5. The lowest BCUT2D eigenvalue weighted by Crippen LogP contribution is -2.51. The van der Waals surface area contributed by atoms with E-state index in [9.17, 15) is 22.8 Å². The Hall–Kier alpha value is -3.61. The number of likely N-dealkylation sites (tertiary alicyclic amines) is 1. The van der Waals surface area contributed by atoms with Gasteiger partial charge in [0.25, 0.3) is 0 Å². The van der Waals surface area contributed by atoms with Crippen molar-refractivity contribution in [1.82, 2.24) is 10.2 Å². The number of amides is 2. The monoisotopic (exact) mass is 494 g/mol. The summed E-state index contributed by atoms with van der Waals surface area (Å²) >= 11 is 0. The number of rotatable bonds is 8. The maximum Gasteiger partial charge on any atom is 0.226 e. The van der Waals surface area contributed by atoms with Crippen molar-refractivity contribution in [1.29, 1.82) is 0 Å². The molecule has 1 aliphatic heterocycles. The van der Waals surface area contributed by atoms with Gasteiger partial charge in [-0.3, -0.25) is 9.59 Å². The molecule has 4 rings (SSSR count). The number of hydrogen-bond donors (Lipinski definition) is 1. The number of nitrogens with one attached hydrogen (secondary N) is 1. The maximum absolute atomic E-state index is 13.5. The van der Waals surface area contributed by atoms with Crippen molar-refractivity contribution < 1.29 is 22.8 Å². The molecular formula is C29H29F3N2O2. The largest absolute Gasteiger partial charge is 0.352 e. The third kappa shape index (κ3) is 6.33. The van der Waals surface area contributed by atoms with Crippen LogP contribution in [0.25, 0.3) is 0 Å². The molecule has 0 aliphatic carbocycles. The van der Waals surface area contributed by atoms with Gasteiger partial charge in [-0.25, -0.2) is 13.2 Å². The van der Waals surface area contributed by atoms with E-state index in [1.165, 1.54) is 18.2 Å². The lowest BCUT2D eigenvalue weighted by molar-refractivity contribution is -0.140. The molecular weight excluding hydrogens is 465 g/mol. The van der Waals surface area contributed by atoms with Crippen LogP contribution in [-0.4, -0.2) is 29.8 Å². The predicted octanol–water partition coefficient (Wildman–Crippen LogP) is 5.20. The molecule has 0 bridgehead atoms. The van der Waals surface area contributed by atoms with Crippen molar-refractivity contribution in [3.8, 4) is 0 Å². The number of nitrogens with zero attached hydrogens (tertiary/aromatic N) is 1. The van der Waals surface area contributed by atoms with E-state index < -0.39 is 17.0 Å². The zero-order valence-electron chi connectivity index (χ0n) is 20.0. The van der Waals surface area contributed by atoms with E-state index in [1.807, 2.05) is 30.3 Å². The first-order valence-corrected chi connectivity index (χ1v) is 12.1. The van der Waals surface area contributed by atoms with Crippen molar-refractivity contribution in [3.05, 3.63) is 107 Å². The second-order valence-corrected chi connectivity index (χ2v) is 9.38. The highest BCUT2D eigenvalue weighted by Crippen LogP contribution is 2.36. The van der Waals surface area contributed by atoms with Gasteiger partial charge < -0.3 is 10.2 Å². The topological polar surface area (TPSA) is 49.4 Å². The number of hydrogen-bond acceptors (Lipinski definition) is 2. The molecule has 3 aromatic rings. The quantitative estimate of drug-likeness (QED) is 0.468. The van der Waals surface area contributed by atoms with Crippen LogP contribution in [-0.2, 0) is 29.0 Å². The average molecular weight is 495 g/mol. The summed E-state index contributed by atoms with van der Waals surface area (Å²) in [5.74, 6) is -2.31. The van der Waals surface area contributed by atoms with Crippen molar-refractivity contribution in [2.45, 2.75) is 38.6 Å². The summed E-state index contributed by atoms with van der Waals surface area (Å²) in [6.45, 7) is 1.17. The summed E-state index contributed by atoms with van der Waals surface area (Å²) in [6.07, 6.45) is 2.08. The van der Waals surface area contributed by atoms with Crippen LogP contribution in [0.2, 0.25) is 0 Å². The Kier molecular flexibility index (Phi) is 8.08. The van der Waals surface area contributed by atoms with E-state index in [4.69, 9.17) is 0 Å². The van der Waals surface area contributed by atoms with Gasteiger partial charge in [-0.15, -0.1) is 0 Å². The minimum absolute atomic E-state index is 0.0697. The normalized spacial score (nSPS) is 14.9. The van der Waals surface area contributed by atoms with Crippen molar-refractivity contribution in [3.63, 3.8) is 0 Å². The van der Waals surface area contributed by atoms with Crippen LogP contribution >= 0.6 is 0 Å². The van der Waals surface area contributed by atoms with Gasteiger partial charge in [-0.05, 0) is 66.6 Å². The molecule has 0 spiro atoms. The van der Waals surface area contributed by atoms with Crippen molar-refractivity contribution >= 4 is 11.8 Å². The zero-order valence-corrected chi connectivity index (χ0v) is 20.0. The van der Waals surface area contributed by atoms with Crippen molar-refractivity contribution in [2.75, 3.05) is 13.1 Å². The van der Waals surface area contributed by atoms with Crippen LogP contribution in [0.5, 0.6) is 0 Å². The summed E-state index contributed by atoms with van der Waals surface area (Å²) in [5, 5.41) is 3.02. The van der Waals surface area contributed by atoms with Crippen LogP contribution in [0.4, 0.5) is 13.2 Å². The number of aryl methyl sites for hydroxylation is 1. The lowest BCUT2D eigenvalue weighted by Gasteiger charge is -2.41. The molecule has 36 heavy (non-hydrogen) atoms. The first-order valence-electron chi connectivity index (χ1n) is 12.1. The molecule has 3 aromatic carbocycles. The van der Waals surface area contributed by atoms with Gasteiger partial charge in [0.05, 0.1) is 5.41 Å². The zero-order chi connectivity index (χ0) is 25.5. The van der Waals surface area contributed by atoms with Gasteiger partial charge >= 0.3 is 0 Å². The van der Waals surface area contributed by atoms with Gasteiger partial charge in [0.1, 0.15) is 5.82 Å². The summed E-state index contributed by atoms with van der Waals surface area (Å²) in [7, 11) is 0. The second kappa shape index (κ2) is 11.4.